The molecule has 3 rings (SSSR count). The average Bonchev–Trinajstić information content (AvgIpc) is 2.54. The highest BCUT2D eigenvalue weighted by atomic mass is 16.3. The fourth-order valence-corrected chi connectivity index (χ4v) is 2.58. The van der Waals surface area contributed by atoms with E-state index in [0.717, 1.165) is 16.7 Å². The molecule has 0 spiro atoms. The highest BCUT2D eigenvalue weighted by molar-refractivity contribution is 5.68. The van der Waals surface area contributed by atoms with E-state index in [4.69, 9.17) is 0 Å². The number of aryl methyl sites for hydroxylation is 2. The van der Waals surface area contributed by atoms with Gasteiger partial charge in [0.1, 0.15) is 5.75 Å². The van der Waals surface area contributed by atoms with Crippen LogP contribution in [0, 0.1) is 13.8 Å². The van der Waals surface area contributed by atoms with Gasteiger partial charge in [-0.2, -0.15) is 9.97 Å². The maximum absolute atomic E-state index is 10.1. The van der Waals surface area contributed by atoms with Crippen molar-refractivity contribution in [3.05, 3.63) is 53.6 Å². The number of aromatic nitrogens is 3. The lowest BCUT2D eigenvalue weighted by atomic mass is 10.1. The third-order valence-corrected chi connectivity index (χ3v) is 3.65. The molecular weight excluding hydrogens is 300 g/mol. The molecule has 0 amide bonds. The summed E-state index contributed by atoms with van der Waals surface area (Å²) < 4.78 is 0. The van der Waals surface area contributed by atoms with Crippen molar-refractivity contribution in [2.75, 3.05) is 19.0 Å². The summed E-state index contributed by atoms with van der Waals surface area (Å²) in [6, 6.07) is 13.3. The van der Waals surface area contributed by atoms with Crippen LogP contribution in [-0.2, 0) is 0 Å². The van der Waals surface area contributed by atoms with E-state index < -0.39 is 0 Å². The Morgan fingerprint density at radius 2 is 1.46 bits per heavy atom. The quantitative estimate of drug-likeness (QED) is 0.799. The Morgan fingerprint density at radius 1 is 0.833 bits per heavy atom. The van der Waals surface area contributed by atoms with Crippen molar-refractivity contribution in [2.45, 2.75) is 13.8 Å². The highest BCUT2D eigenvalue weighted by Gasteiger charge is 2.14. The summed E-state index contributed by atoms with van der Waals surface area (Å²) in [5, 5.41) is 10.1. The van der Waals surface area contributed by atoms with E-state index in [0.29, 0.717) is 23.2 Å². The molecule has 3 aromatic rings. The number of hydrogen-bond acceptors (Lipinski definition) is 5. The van der Waals surface area contributed by atoms with Gasteiger partial charge >= 0.3 is 0 Å². The molecule has 1 heterocycles. The third kappa shape index (κ3) is 3.20. The molecule has 0 aliphatic heterocycles. The van der Waals surface area contributed by atoms with Crippen LogP contribution in [0.25, 0.3) is 22.8 Å². The fourth-order valence-electron chi connectivity index (χ4n) is 2.58. The van der Waals surface area contributed by atoms with Crippen LogP contribution in [-0.4, -0.2) is 34.2 Å². The summed E-state index contributed by atoms with van der Waals surface area (Å²) in [6.07, 6.45) is 0. The maximum atomic E-state index is 10.1. The summed E-state index contributed by atoms with van der Waals surface area (Å²) >= 11 is 0. The Morgan fingerprint density at radius 3 is 2.08 bits per heavy atom. The monoisotopic (exact) mass is 320 g/mol. The lowest BCUT2D eigenvalue weighted by Gasteiger charge is -2.14. The first-order valence-electron chi connectivity index (χ1n) is 7.74. The molecule has 0 aliphatic carbocycles. The molecule has 0 bridgehead atoms. The Kier molecular flexibility index (Phi) is 4.16. The van der Waals surface area contributed by atoms with E-state index in [1.165, 1.54) is 0 Å². The van der Waals surface area contributed by atoms with Gasteiger partial charge in [0.05, 0.1) is 5.56 Å². The molecule has 0 aliphatic rings. The van der Waals surface area contributed by atoms with Crippen LogP contribution in [0.15, 0.2) is 42.5 Å². The summed E-state index contributed by atoms with van der Waals surface area (Å²) in [5.41, 5.74) is 3.84. The van der Waals surface area contributed by atoms with Crippen molar-refractivity contribution in [2.24, 2.45) is 0 Å². The summed E-state index contributed by atoms with van der Waals surface area (Å²) in [6.45, 7) is 4.10. The molecule has 2 aromatic carbocycles. The molecule has 5 heteroatoms. The van der Waals surface area contributed by atoms with Crippen molar-refractivity contribution in [1.29, 1.82) is 0 Å². The predicted octanol–water partition coefficient (Wildman–Crippen LogP) is 3.59. The molecule has 0 fully saturated rings. The minimum atomic E-state index is 0.153. The first-order chi connectivity index (χ1) is 11.4. The molecule has 0 atom stereocenters. The Balaban J connectivity index is 2.22. The molecule has 122 valence electrons. The van der Waals surface area contributed by atoms with E-state index in [2.05, 4.69) is 47.0 Å². The van der Waals surface area contributed by atoms with Crippen LogP contribution in [0.3, 0.4) is 0 Å². The Hall–Kier alpha value is -2.95. The second-order valence-corrected chi connectivity index (χ2v) is 6.07. The first-order valence-corrected chi connectivity index (χ1v) is 7.74. The fraction of sp³-hybridized carbons (Fsp3) is 0.211. The number of para-hydroxylation sites is 1. The zero-order valence-corrected chi connectivity index (χ0v) is 14.3. The smallest absolute Gasteiger partial charge is 0.228 e. The number of anilines is 1. The number of hydrogen-bond donors (Lipinski definition) is 1. The molecule has 5 nitrogen and oxygen atoms in total. The summed E-state index contributed by atoms with van der Waals surface area (Å²) in [5.74, 6) is 1.76. The molecule has 0 saturated carbocycles. The van der Waals surface area contributed by atoms with Crippen molar-refractivity contribution >= 4 is 5.95 Å². The molecule has 24 heavy (non-hydrogen) atoms. The molecule has 0 saturated heterocycles. The normalized spacial score (nSPS) is 10.7. The number of benzene rings is 2. The van der Waals surface area contributed by atoms with Gasteiger partial charge in [-0.1, -0.05) is 29.3 Å². The van der Waals surface area contributed by atoms with Gasteiger partial charge in [0, 0.05) is 19.7 Å². The SMILES string of the molecule is Cc1cc(C)cc(-c2nc(-c3ccccc3O)nc(N(C)C)n2)c1. The average molecular weight is 320 g/mol. The van der Waals surface area contributed by atoms with E-state index in [-0.39, 0.29) is 5.75 Å². The maximum Gasteiger partial charge on any atom is 0.228 e. The number of phenols is 1. The highest BCUT2D eigenvalue weighted by Crippen LogP contribution is 2.29. The van der Waals surface area contributed by atoms with Gasteiger partial charge in [-0.25, -0.2) is 4.98 Å². The van der Waals surface area contributed by atoms with Gasteiger partial charge < -0.3 is 10.0 Å². The summed E-state index contributed by atoms with van der Waals surface area (Å²) in [7, 11) is 3.77. The third-order valence-electron chi connectivity index (χ3n) is 3.65. The predicted molar refractivity (Wildman–Crippen MR) is 96.2 cm³/mol. The summed E-state index contributed by atoms with van der Waals surface area (Å²) in [4.78, 5) is 15.5. The number of aromatic hydroxyl groups is 1. The molecule has 1 N–H and O–H groups in total. The van der Waals surface area contributed by atoms with Crippen LogP contribution < -0.4 is 4.90 Å². The van der Waals surface area contributed by atoms with Crippen molar-refractivity contribution < 1.29 is 5.11 Å². The van der Waals surface area contributed by atoms with Gasteiger partial charge in [0.25, 0.3) is 0 Å². The zero-order valence-electron chi connectivity index (χ0n) is 14.3. The van der Waals surface area contributed by atoms with Gasteiger partial charge in [-0.3, -0.25) is 0 Å². The molecular formula is C19H20N4O. The van der Waals surface area contributed by atoms with Crippen molar-refractivity contribution in [3.63, 3.8) is 0 Å². The number of phenolic OH excluding ortho intramolecular Hbond substituents is 1. The van der Waals surface area contributed by atoms with Crippen LogP contribution in [0.4, 0.5) is 5.95 Å². The van der Waals surface area contributed by atoms with E-state index >= 15 is 0 Å². The van der Waals surface area contributed by atoms with Gasteiger partial charge in [0.15, 0.2) is 11.6 Å². The van der Waals surface area contributed by atoms with E-state index in [9.17, 15) is 5.11 Å². The molecule has 0 radical (unpaired) electrons. The van der Waals surface area contributed by atoms with Gasteiger partial charge in [-0.05, 0) is 38.1 Å². The van der Waals surface area contributed by atoms with E-state index in [1.54, 1.807) is 18.2 Å². The first kappa shape index (κ1) is 15.9. The van der Waals surface area contributed by atoms with Crippen molar-refractivity contribution in [3.8, 4) is 28.5 Å². The van der Waals surface area contributed by atoms with Crippen molar-refractivity contribution in [1.82, 2.24) is 15.0 Å². The largest absolute Gasteiger partial charge is 0.507 e. The lowest BCUT2D eigenvalue weighted by molar-refractivity contribution is 0.477. The second-order valence-electron chi connectivity index (χ2n) is 6.07. The number of nitrogens with zero attached hydrogens (tertiary/aromatic N) is 4. The standard InChI is InChI=1S/C19H20N4O/c1-12-9-13(2)11-14(10-12)17-20-18(22-19(21-17)23(3)4)15-7-5-6-8-16(15)24/h5-11,24H,1-4H3. The molecule has 0 unspecified atom stereocenters. The lowest BCUT2D eigenvalue weighted by Crippen LogP contribution is -2.14. The minimum absolute atomic E-state index is 0.153. The Labute approximate surface area is 141 Å². The van der Waals surface area contributed by atoms with E-state index in [1.807, 2.05) is 25.1 Å². The van der Waals surface area contributed by atoms with Crippen LogP contribution in [0.5, 0.6) is 5.75 Å². The van der Waals surface area contributed by atoms with Gasteiger partial charge in [-0.15, -0.1) is 0 Å². The second kappa shape index (κ2) is 6.28. The molecule has 1 aromatic heterocycles. The van der Waals surface area contributed by atoms with Gasteiger partial charge in [0.2, 0.25) is 5.95 Å². The van der Waals surface area contributed by atoms with Crippen LogP contribution >= 0.6 is 0 Å². The number of rotatable bonds is 3. The minimum Gasteiger partial charge on any atom is -0.507 e. The Bertz CT molecular complexity index is 870. The van der Waals surface area contributed by atoms with Crippen LogP contribution in [0.1, 0.15) is 11.1 Å². The van der Waals surface area contributed by atoms with Crippen LogP contribution in [0.2, 0.25) is 0 Å². The zero-order chi connectivity index (χ0) is 17.3. The topological polar surface area (TPSA) is 62.1 Å².